The monoisotopic (exact) mass is 345 g/mol. The number of esters is 1. The zero-order chi connectivity index (χ0) is 16.0. The first-order valence-corrected chi connectivity index (χ1v) is 10.1. The molecule has 0 unspecified atom stereocenters. The van der Waals surface area contributed by atoms with Crippen molar-refractivity contribution in [3.8, 4) is 0 Å². The number of nitrogens with one attached hydrogen (secondary N) is 1. The summed E-state index contributed by atoms with van der Waals surface area (Å²) in [5.74, 6) is -0.0390. The summed E-state index contributed by atoms with van der Waals surface area (Å²) >= 11 is 1.44. The molecule has 7 heteroatoms. The zero-order valence-electron chi connectivity index (χ0n) is 12.8. The smallest absolute Gasteiger partial charge is 0.307 e. The molecule has 2 rings (SSSR count). The molecule has 1 atom stereocenters. The fourth-order valence-corrected chi connectivity index (χ4v) is 5.42. The van der Waals surface area contributed by atoms with Crippen molar-refractivity contribution in [2.45, 2.75) is 44.6 Å². The Morgan fingerprint density at radius 3 is 2.73 bits per heavy atom. The maximum Gasteiger partial charge on any atom is 0.307 e. The molecule has 0 radical (unpaired) electrons. The fourth-order valence-electron chi connectivity index (χ4n) is 2.87. The lowest BCUT2D eigenvalue weighted by atomic mass is 9.91. The van der Waals surface area contributed by atoms with Gasteiger partial charge in [0.2, 0.25) is 10.0 Å². The molecule has 5 nitrogen and oxygen atoms in total. The average molecular weight is 345 g/mol. The van der Waals surface area contributed by atoms with Gasteiger partial charge in [0.15, 0.2) is 0 Å². The van der Waals surface area contributed by atoms with E-state index in [1.54, 1.807) is 0 Å². The highest BCUT2D eigenvalue weighted by Gasteiger charge is 2.26. The van der Waals surface area contributed by atoms with Crippen LogP contribution in [0.5, 0.6) is 0 Å². The summed E-state index contributed by atoms with van der Waals surface area (Å²) in [5, 5.41) is 1.87. The van der Waals surface area contributed by atoms with E-state index in [2.05, 4.69) is 9.46 Å². The van der Waals surface area contributed by atoms with Gasteiger partial charge in [0.05, 0.1) is 25.3 Å². The lowest BCUT2D eigenvalue weighted by Gasteiger charge is -2.23. The summed E-state index contributed by atoms with van der Waals surface area (Å²) in [7, 11) is -2.10. The second-order valence-electron chi connectivity index (χ2n) is 5.75. The molecule has 1 heterocycles. The van der Waals surface area contributed by atoms with Gasteiger partial charge in [-0.2, -0.15) is 0 Å². The molecule has 0 aromatic carbocycles. The molecule has 1 aliphatic carbocycles. The number of rotatable bonds is 7. The molecule has 1 fully saturated rings. The van der Waals surface area contributed by atoms with Gasteiger partial charge >= 0.3 is 5.97 Å². The van der Waals surface area contributed by atoms with Crippen molar-refractivity contribution >= 4 is 27.3 Å². The maximum absolute atomic E-state index is 12.4. The molecule has 1 N–H and O–H groups in total. The predicted molar refractivity (Wildman–Crippen MR) is 87.2 cm³/mol. The number of carbonyl (C=O) groups is 1. The zero-order valence-corrected chi connectivity index (χ0v) is 14.4. The quantitative estimate of drug-likeness (QED) is 0.771. The lowest BCUT2D eigenvalue weighted by Crippen LogP contribution is -2.34. The summed E-state index contributed by atoms with van der Waals surface area (Å²) in [6.45, 7) is 0. The first-order valence-electron chi connectivity index (χ1n) is 7.60. The SMILES string of the molecule is COC(=O)C[C@H](NS(=O)(=O)CC1CCCCC1)c1cccs1. The predicted octanol–water partition coefficient (Wildman–Crippen LogP) is 2.85. The van der Waals surface area contributed by atoms with Gasteiger partial charge in [-0.1, -0.05) is 25.3 Å². The summed E-state index contributed by atoms with van der Waals surface area (Å²) in [6.07, 6.45) is 5.38. The number of carbonyl (C=O) groups excluding carboxylic acids is 1. The second-order valence-corrected chi connectivity index (χ2v) is 8.53. The molecule has 1 aromatic rings. The Labute approximate surface area is 136 Å². The van der Waals surface area contributed by atoms with Crippen LogP contribution in [0.1, 0.15) is 49.4 Å². The van der Waals surface area contributed by atoms with Crippen LogP contribution in [0, 0.1) is 5.92 Å². The van der Waals surface area contributed by atoms with E-state index >= 15 is 0 Å². The minimum Gasteiger partial charge on any atom is -0.469 e. The van der Waals surface area contributed by atoms with E-state index in [4.69, 9.17) is 0 Å². The maximum atomic E-state index is 12.4. The van der Waals surface area contributed by atoms with Crippen molar-refractivity contribution < 1.29 is 17.9 Å². The largest absolute Gasteiger partial charge is 0.469 e. The first kappa shape index (κ1) is 17.4. The van der Waals surface area contributed by atoms with E-state index in [1.165, 1.54) is 24.9 Å². The van der Waals surface area contributed by atoms with Crippen molar-refractivity contribution in [3.05, 3.63) is 22.4 Å². The highest BCUT2D eigenvalue weighted by atomic mass is 32.2. The molecule has 124 valence electrons. The van der Waals surface area contributed by atoms with Crippen LogP contribution in [0.3, 0.4) is 0 Å². The molecule has 1 saturated carbocycles. The van der Waals surface area contributed by atoms with Gasteiger partial charge in [-0.3, -0.25) is 4.79 Å². The van der Waals surface area contributed by atoms with E-state index in [-0.39, 0.29) is 18.1 Å². The van der Waals surface area contributed by atoms with Crippen LogP contribution < -0.4 is 4.72 Å². The van der Waals surface area contributed by atoms with Gasteiger partial charge in [0.1, 0.15) is 0 Å². The third-order valence-electron chi connectivity index (χ3n) is 3.99. The van der Waals surface area contributed by atoms with Crippen molar-refractivity contribution in [1.82, 2.24) is 4.72 Å². The van der Waals surface area contributed by atoms with Crippen molar-refractivity contribution in [1.29, 1.82) is 0 Å². The normalized spacial score (nSPS) is 18.0. The van der Waals surface area contributed by atoms with E-state index in [9.17, 15) is 13.2 Å². The van der Waals surface area contributed by atoms with Crippen LogP contribution >= 0.6 is 11.3 Å². The van der Waals surface area contributed by atoms with Gasteiger partial charge < -0.3 is 4.74 Å². The van der Waals surface area contributed by atoms with Crippen molar-refractivity contribution in [2.24, 2.45) is 5.92 Å². The second kappa shape index (κ2) is 8.08. The van der Waals surface area contributed by atoms with Gasteiger partial charge in [-0.25, -0.2) is 13.1 Å². The minimum absolute atomic E-state index is 0.0148. The molecule has 0 amide bonds. The highest BCUT2D eigenvalue weighted by Crippen LogP contribution is 2.27. The van der Waals surface area contributed by atoms with Crippen LogP contribution in [0.15, 0.2) is 17.5 Å². The number of hydrogen-bond donors (Lipinski definition) is 1. The van der Waals surface area contributed by atoms with E-state index in [0.29, 0.717) is 0 Å². The highest BCUT2D eigenvalue weighted by molar-refractivity contribution is 7.89. The van der Waals surface area contributed by atoms with Crippen molar-refractivity contribution in [3.63, 3.8) is 0 Å². The molecule has 1 aromatic heterocycles. The molecule has 22 heavy (non-hydrogen) atoms. The Morgan fingerprint density at radius 1 is 1.41 bits per heavy atom. The van der Waals surface area contributed by atoms with Crippen LogP contribution in [0.2, 0.25) is 0 Å². The molecule has 1 aliphatic rings. The van der Waals surface area contributed by atoms with E-state index in [0.717, 1.165) is 30.6 Å². The fraction of sp³-hybridized carbons (Fsp3) is 0.667. The van der Waals surface area contributed by atoms with E-state index in [1.807, 2.05) is 17.5 Å². The third kappa shape index (κ3) is 5.37. The molecule has 0 spiro atoms. The molecule has 0 saturated heterocycles. The molecular weight excluding hydrogens is 322 g/mol. The Kier molecular flexibility index (Phi) is 6.40. The third-order valence-corrected chi connectivity index (χ3v) is 6.53. The molecule has 0 bridgehead atoms. The first-order chi connectivity index (χ1) is 10.5. The Bertz CT molecular complexity index is 562. The van der Waals surface area contributed by atoms with Crippen LogP contribution in [-0.4, -0.2) is 27.2 Å². The van der Waals surface area contributed by atoms with Gasteiger partial charge in [-0.15, -0.1) is 11.3 Å². The number of sulfonamides is 1. The van der Waals surface area contributed by atoms with Crippen LogP contribution in [-0.2, 0) is 19.6 Å². The standard InChI is InChI=1S/C15H23NO4S2/c1-20-15(17)10-13(14-8-5-9-21-14)16-22(18,19)11-12-6-3-2-4-7-12/h5,8-9,12-13,16H,2-4,6-7,10-11H2,1H3/t13-/m0/s1. The van der Waals surface area contributed by atoms with Crippen LogP contribution in [0.25, 0.3) is 0 Å². The van der Waals surface area contributed by atoms with Crippen LogP contribution in [0.4, 0.5) is 0 Å². The number of methoxy groups -OCH3 is 1. The number of ether oxygens (including phenoxy) is 1. The summed E-state index contributed by atoms with van der Waals surface area (Å²) in [5.41, 5.74) is 0. The van der Waals surface area contributed by atoms with Crippen molar-refractivity contribution in [2.75, 3.05) is 12.9 Å². The lowest BCUT2D eigenvalue weighted by molar-refractivity contribution is -0.141. The summed E-state index contributed by atoms with van der Waals surface area (Å²) in [4.78, 5) is 12.4. The van der Waals surface area contributed by atoms with E-state index < -0.39 is 22.0 Å². The number of thiophene rings is 1. The summed E-state index contributed by atoms with van der Waals surface area (Å²) in [6, 6.07) is 3.14. The van der Waals surface area contributed by atoms with Gasteiger partial charge in [0, 0.05) is 4.88 Å². The minimum atomic E-state index is -3.41. The Balaban J connectivity index is 2.03. The molecule has 0 aliphatic heterocycles. The Hall–Kier alpha value is -0.920. The molecular formula is C15H23NO4S2. The topological polar surface area (TPSA) is 72.5 Å². The number of hydrogen-bond acceptors (Lipinski definition) is 5. The Morgan fingerprint density at radius 2 is 2.14 bits per heavy atom. The summed E-state index contributed by atoms with van der Waals surface area (Å²) < 4.78 is 32.2. The van der Waals surface area contributed by atoms with Gasteiger partial charge in [0.25, 0.3) is 0 Å². The average Bonchev–Trinajstić information content (AvgIpc) is 3.01. The van der Waals surface area contributed by atoms with Gasteiger partial charge in [-0.05, 0) is 30.2 Å².